The molecule has 0 fully saturated rings. The summed E-state index contributed by atoms with van der Waals surface area (Å²) in [5, 5.41) is 9.17. The van der Waals surface area contributed by atoms with Crippen LogP contribution in [0, 0.1) is 5.82 Å². The molecule has 4 rings (SSSR count). The molecular weight excluding hydrogens is 415 g/mol. The average molecular weight is 439 g/mol. The number of carbonyl (C=O) groups is 1. The number of benzene rings is 2. The van der Waals surface area contributed by atoms with E-state index in [1.165, 1.54) is 35.7 Å². The fourth-order valence-electron chi connectivity index (χ4n) is 3.51. The molecule has 160 valence electrons. The summed E-state index contributed by atoms with van der Waals surface area (Å²) in [4.78, 5) is 18.8. The number of thioether (sulfide) groups is 1. The Labute approximate surface area is 184 Å². The Morgan fingerprint density at radius 3 is 2.77 bits per heavy atom. The lowest BCUT2D eigenvalue weighted by Crippen LogP contribution is -2.36. The SMILES string of the molecule is CCCCCSc1nnc2c(n1)O[C@@H](c1cccc(F)c1)N(C(C)=O)c1ccccc1-2. The van der Waals surface area contributed by atoms with Gasteiger partial charge in [0.05, 0.1) is 5.69 Å². The molecule has 2 aromatic carbocycles. The predicted octanol–water partition coefficient (Wildman–Crippen LogP) is 5.40. The number of fused-ring (bicyclic) bond motifs is 3. The normalized spacial score (nSPS) is 14.9. The highest BCUT2D eigenvalue weighted by Crippen LogP contribution is 2.43. The molecule has 0 unspecified atom stereocenters. The number of hydrogen-bond donors (Lipinski definition) is 0. The molecule has 31 heavy (non-hydrogen) atoms. The molecule has 8 heteroatoms. The number of hydrogen-bond acceptors (Lipinski definition) is 6. The van der Waals surface area contributed by atoms with Gasteiger partial charge in [0.1, 0.15) is 5.82 Å². The molecule has 1 atom stereocenters. The van der Waals surface area contributed by atoms with E-state index in [0.29, 0.717) is 27.7 Å². The number of unbranched alkanes of at least 4 members (excludes halogenated alkanes) is 2. The maximum absolute atomic E-state index is 14.0. The zero-order valence-electron chi connectivity index (χ0n) is 17.4. The van der Waals surface area contributed by atoms with Gasteiger partial charge in [0.25, 0.3) is 0 Å². The third-order valence-electron chi connectivity index (χ3n) is 4.96. The van der Waals surface area contributed by atoms with E-state index in [4.69, 9.17) is 4.74 Å². The van der Waals surface area contributed by atoms with Crippen LogP contribution in [0.15, 0.2) is 53.7 Å². The van der Waals surface area contributed by atoms with Crippen LogP contribution >= 0.6 is 11.8 Å². The van der Waals surface area contributed by atoms with Crippen LogP contribution in [0.25, 0.3) is 11.3 Å². The van der Waals surface area contributed by atoms with E-state index in [-0.39, 0.29) is 11.8 Å². The summed E-state index contributed by atoms with van der Waals surface area (Å²) in [6, 6.07) is 13.4. The van der Waals surface area contributed by atoms with E-state index in [1.807, 2.05) is 24.3 Å². The largest absolute Gasteiger partial charge is 0.447 e. The molecule has 1 aliphatic heterocycles. The lowest BCUT2D eigenvalue weighted by atomic mass is 10.1. The zero-order valence-corrected chi connectivity index (χ0v) is 18.2. The van der Waals surface area contributed by atoms with Gasteiger partial charge in [-0.05, 0) is 24.6 Å². The number of para-hydroxylation sites is 1. The van der Waals surface area contributed by atoms with E-state index >= 15 is 0 Å². The topological polar surface area (TPSA) is 68.2 Å². The number of halogens is 1. The highest BCUT2D eigenvalue weighted by Gasteiger charge is 2.34. The number of nitrogens with zero attached hydrogens (tertiary/aromatic N) is 4. The molecule has 0 bridgehead atoms. The van der Waals surface area contributed by atoms with Gasteiger partial charge in [-0.1, -0.05) is 61.9 Å². The van der Waals surface area contributed by atoms with Crippen molar-refractivity contribution in [3.8, 4) is 17.1 Å². The molecule has 3 aromatic rings. The second-order valence-corrected chi connectivity index (χ2v) is 8.30. The Balaban J connectivity index is 1.80. The second kappa shape index (κ2) is 9.43. The van der Waals surface area contributed by atoms with E-state index in [9.17, 15) is 9.18 Å². The molecule has 1 amide bonds. The van der Waals surface area contributed by atoms with Gasteiger partial charge in [-0.25, -0.2) is 4.39 Å². The summed E-state index contributed by atoms with van der Waals surface area (Å²) >= 11 is 1.52. The third kappa shape index (κ3) is 4.54. The third-order valence-corrected chi connectivity index (χ3v) is 5.89. The Kier molecular flexibility index (Phi) is 6.46. The monoisotopic (exact) mass is 438 g/mol. The van der Waals surface area contributed by atoms with Crippen molar-refractivity contribution >= 4 is 23.4 Å². The standard InChI is InChI=1S/C23H23FN4O2S/c1-3-4-7-13-31-23-25-21-20(26-27-23)18-11-5-6-12-19(18)28(15(2)29)22(30-21)16-9-8-10-17(24)14-16/h5-6,8-12,14,22H,3-4,7,13H2,1-2H3/t22-/m0/s1. The predicted molar refractivity (Wildman–Crippen MR) is 118 cm³/mol. The summed E-state index contributed by atoms with van der Waals surface area (Å²) in [5.41, 5.74) is 2.27. The van der Waals surface area contributed by atoms with Crippen LogP contribution < -0.4 is 9.64 Å². The smallest absolute Gasteiger partial charge is 0.247 e. The molecule has 0 saturated carbocycles. The van der Waals surface area contributed by atoms with Gasteiger partial charge in [0.15, 0.2) is 5.69 Å². The fourth-order valence-corrected chi connectivity index (χ4v) is 4.28. The van der Waals surface area contributed by atoms with Crippen LogP contribution in [-0.4, -0.2) is 26.8 Å². The van der Waals surface area contributed by atoms with Crippen LogP contribution in [0.4, 0.5) is 10.1 Å². The van der Waals surface area contributed by atoms with Gasteiger partial charge in [0, 0.05) is 23.8 Å². The minimum absolute atomic E-state index is 0.239. The van der Waals surface area contributed by atoms with E-state index in [1.54, 1.807) is 12.1 Å². The first-order chi connectivity index (χ1) is 15.1. The first-order valence-corrected chi connectivity index (χ1v) is 11.3. The quantitative estimate of drug-likeness (QED) is 0.379. The molecule has 6 nitrogen and oxygen atoms in total. The number of rotatable bonds is 6. The van der Waals surface area contributed by atoms with Crippen LogP contribution in [0.2, 0.25) is 0 Å². The van der Waals surface area contributed by atoms with Crippen molar-refractivity contribution in [3.05, 3.63) is 59.9 Å². The van der Waals surface area contributed by atoms with Crippen LogP contribution in [0.1, 0.15) is 44.9 Å². The maximum Gasteiger partial charge on any atom is 0.247 e. The van der Waals surface area contributed by atoms with Gasteiger partial charge in [-0.2, -0.15) is 4.98 Å². The number of anilines is 1. The molecule has 1 aliphatic rings. The summed E-state index contributed by atoms with van der Waals surface area (Å²) in [7, 11) is 0. The van der Waals surface area contributed by atoms with Crippen LogP contribution in [0.5, 0.6) is 5.88 Å². The first kappa shape index (κ1) is 21.2. The lowest BCUT2D eigenvalue weighted by molar-refractivity contribution is -0.118. The van der Waals surface area contributed by atoms with E-state index in [2.05, 4.69) is 22.1 Å². The van der Waals surface area contributed by atoms with Gasteiger partial charge in [0.2, 0.25) is 23.2 Å². The Bertz CT molecular complexity index is 1090. The highest BCUT2D eigenvalue weighted by atomic mass is 32.2. The minimum Gasteiger partial charge on any atom is -0.447 e. The average Bonchev–Trinajstić information content (AvgIpc) is 2.91. The summed E-state index contributed by atoms with van der Waals surface area (Å²) in [6.45, 7) is 3.61. The summed E-state index contributed by atoms with van der Waals surface area (Å²) < 4.78 is 20.2. The summed E-state index contributed by atoms with van der Waals surface area (Å²) in [6.07, 6.45) is 2.46. The van der Waals surface area contributed by atoms with Crippen molar-refractivity contribution in [2.75, 3.05) is 10.7 Å². The Hall–Kier alpha value is -3.00. The number of amides is 1. The van der Waals surface area contributed by atoms with Crippen molar-refractivity contribution in [2.24, 2.45) is 0 Å². The molecule has 0 saturated heterocycles. The summed E-state index contributed by atoms with van der Waals surface area (Å²) in [5.74, 6) is 0.517. The first-order valence-electron chi connectivity index (χ1n) is 10.3. The molecular formula is C23H23FN4O2S. The molecule has 2 heterocycles. The van der Waals surface area contributed by atoms with Crippen LogP contribution in [0.3, 0.4) is 0 Å². The Morgan fingerprint density at radius 1 is 1.16 bits per heavy atom. The molecule has 0 radical (unpaired) electrons. The maximum atomic E-state index is 14.0. The number of carbonyl (C=O) groups excluding carboxylic acids is 1. The fraction of sp³-hybridized carbons (Fsp3) is 0.304. The van der Waals surface area contributed by atoms with E-state index < -0.39 is 12.0 Å². The Morgan fingerprint density at radius 2 is 2.00 bits per heavy atom. The highest BCUT2D eigenvalue weighted by molar-refractivity contribution is 7.99. The second-order valence-electron chi connectivity index (χ2n) is 7.24. The minimum atomic E-state index is -0.884. The molecule has 0 N–H and O–H groups in total. The molecule has 0 aliphatic carbocycles. The zero-order chi connectivity index (χ0) is 21.8. The van der Waals surface area contributed by atoms with Gasteiger partial charge < -0.3 is 4.74 Å². The molecule has 0 spiro atoms. The number of aromatic nitrogens is 3. The lowest BCUT2D eigenvalue weighted by Gasteiger charge is -2.29. The van der Waals surface area contributed by atoms with Gasteiger partial charge in [-0.3, -0.25) is 9.69 Å². The van der Waals surface area contributed by atoms with E-state index in [0.717, 1.165) is 25.0 Å². The van der Waals surface area contributed by atoms with Crippen LogP contribution in [-0.2, 0) is 4.79 Å². The van der Waals surface area contributed by atoms with Crippen molar-refractivity contribution in [1.82, 2.24) is 15.2 Å². The van der Waals surface area contributed by atoms with Gasteiger partial charge >= 0.3 is 0 Å². The molecule has 1 aromatic heterocycles. The van der Waals surface area contributed by atoms with Gasteiger partial charge in [-0.15, -0.1) is 10.2 Å². The van der Waals surface area contributed by atoms with Crippen molar-refractivity contribution < 1.29 is 13.9 Å². The van der Waals surface area contributed by atoms with Crippen molar-refractivity contribution in [1.29, 1.82) is 0 Å². The van der Waals surface area contributed by atoms with Crippen molar-refractivity contribution in [2.45, 2.75) is 44.5 Å². The van der Waals surface area contributed by atoms with Crippen molar-refractivity contribution in [3.63, 3.8) is 0 Å². The number of ether oxygens (including phenoxy) is 1.